The molecule has 10 nitrogen and oxygen atoms in total. The van der Waals surface area contributed by atoms with Crippen molar-refractivity contribution in [1.82, 2.24) is 16.0 Å². The van der Waals surface area contributed by atoms with Crippen LogP contribution in [-0.2, 0) is 20.6 Å². The second-order valence-electron chi connectivity index (χ2n) is 9.01. The van der Waals surface area contributed by atoms with Gasteiger partial charge in [-0.2, -0.15) is 0 Å². The molecule has 1 aromatic rings. The van der Waals surface area contributed by atoms with Crippen molar-refractivity contribution in [1.29, 1.82) is 0 Å². The van der Waals surface area contributed by atoms with Crippen molar-refractivity contribution < 1.29 is 34.6 Å². The summed E-state index contributed by atoms with van der Waals surface area (Å²) in [6.07, 6.45) is -4.67. The minimum Gasteiger partial charge on any atom is -0.390 e. The van der Waals surface area contributed by atoms with E-state index in [1.807, 2.05) is 11.4 Å². The first-order valence-electron chi connectivity index (χ1n) is 11.1. The number of likely N-dealkylation sites (N-methyl/N-ethyl adjacent to an activating group) is 2. The molecule has 2 aliphatic heterocycles. The Morgan fingerprint density at radius 2 is 1.84 bits per heavy atom. The third kappa shape index (κ3) is 4.14. The Kier molecular flexibility index (Phi) is 7.26. The maximum Gasteiger partial charge on any atom is 0.249 e. The Morgan fingerprint density at radius 3 is 2.50 bits per heavy atom. The van der Waals surface area contributed by atoms with E-state index in [4.69, 9.17) is 14.2 Å². The molecule has 7 N–H and O–H groups in total. The summed E-state index contributed by atoms with van der Waals surface area (Å²) >= 11 is 1.67. The number of aliphatic hydroxyl groups excluding tert-OH is 2. The largest absolute Gasteiger partial charge is 0.390 e. The molecule has 1 saturated carbocycles. The molecule has 11 heteroatoms. The second-order valence-corrected chi connectivity index (χ2v) is 10.0. The van der Waals surface area contributed by atoms with E-state index < -0.39 is 60.3 Å². The molecule has 2 saturated heterocycles. The summed E-state index contributed by atoms with van der Waals surface area (Å²) in [7, 11) is 3.30. The summed E-state index contributed by atoms with van der Waals surface area (Å²) in [5, 5.41) is 55.9. The molecule has 10 unspecified atom stereocenters. The summed E-state index contributed by atoms with van der Waals surface area (Å²) in [5.41, 5.74) is -1.70. The number of aliphatic hydroxyl groups is 4. The third-order valence-corrected chi connectivity index (χ3v) is 7.83. The van der Waals surface area contributed by atoms with Gasteiger partial charge in [-0.3, -0.25) is 0 Å². The van der Waals surface area contributed by atoms with Crippen LogP contribution in [0.4, 0.5) is 0 Å². The summed E-state index contributed by atoms with van der Waals surface area (Å²) in [6, 6.07) is 2.73. The number of thiophene rings is 1. The van der Waals surface area contributed by atoms with E-state index in [0.29, 0.717) is 6.54 Å². The molecule has 3 heterocycles. The highest BCUT2D eigenvalue weighted by Gasteiger charge is 2.68. The van der Waals surface area contributed by atoms with Crippen molar-refractivity contribution in [3.05, 3.63) is 22.4 Å². The van der Waals surface area contributed by atoms with Gasteiger partial charge >= 0.3 is 0 Å². The Morgan fingerprint density at radius 1 is 1.09 bits per heavy atom. The lowest BCUT2D eigenvalue weighted by Crippen LogP contribution is -2.81. The first-order valence-corrected chi connectivity index (χ1v) is 12.0. The molecule has 0 spiro atoms. The minimum absolute atomic E-state index is 0.0638. The van der Waals surface area contributed by atoms with Crippen LogP contribution in [0.5, 0.6) is 0 Å². The molecule has 3 aliphatic rings. The van der Waals surface area contributed by atoms with E-state index in [9.17, 15) is 20.4 Å². The zero-order valence-corrected chi connectivity index (χ0v) is 19.4. The molecule has 32 heavy (non-hydrogen) atoms. The number of ether oxygens (including phenoxy) is 3. The van der Waals surface area contributed by atoms with E-state index in [0.717, 1.165) is 6.42 Å². The third-order valence-electron chi connectivity index (χ3n) is 6.89. The zero-order valence-electron chi connectivity index (χ0n) is 18.6. The second kappa shape index (κ2) is 9.51. The van der Waals surface area contributed by atoms with E-state index in [1.54, 1.807) is 32.4 Å². The van der Waals surface area contributed by atoms with Gasteiger partial charge in [0.05, 0.1) is 24.3 Å². The predicted molar refractivity (Wildman–Crippen MR) is 117 cm³/mol. The van der Waals surface area contributed by atoms with Crippen molar-refractivity contribution in [3.63, 3.8) is 0 Å². The summed E-state index contributed by atoms with van der Waals surface area (Å²) in [6.45, 7) is 2.47. The molecule has 4 rings (SSSR count). The molecule has 10 atom stereocenters. The minimum atomic E-state index is -2.18. The summed E-state index contributed by atoms with van der Waals surface area (Å²) < 4.78 is 17.9. The van der Waals surface area contributed by atoms with E-state index in [1.165, 1.54) is 4.88 Å². The van der Waals surface area contributed by atoms with Crippen molar-refractivity contribution in [2.75, 3.05) is 27.2 Å². The van der Waals surface area contributed by atoms with Crippen LogP contribution in [0.15, 0.2) is 17.5 Å². The van der Waals surface area contributed by atoms with Crippen LogP contribution in [0.25, 0.3) is 0 Å². The Balaban J connectivity index is 1.53. The molecule has 3 fully saturated rings. The monoisotopic (exact) mass is 473 g/mol. The summed E-state index contributed by atoms with van der Waals surface area (Å²) in [5.74, 6) is -2.18. The van der Waals surface area contributed by atoms with Gasteiger partial charge in [-0.15, -0.1) is 11.3 Å². The number of hydrogen-bond acceptors (Lipinski definition) is 11. The van der Waals surface area contributed by atoms with Gasteiger partial charge in [-0.25, -0.2) is 0 Å². The highest BCUT2D eigenvalue weighted by atomic mass is 32.1. The molecule has 1 aromatic heterocycles. The quantitative estimate of drug-likeness (QED) is 0.225. The normalized spacial score (nSPS) is 46.5. The Hall–Kier alpha value is -0.700. The van der Waals surface area contributed by atoms with Gasteiger partial charge in [0, 0.05) is 24.4 Å². The van der Waals surface area contributed by atoms with Crippen molar-refractivity contribution >= 4 is 11.3 Å². The zero-order chi connectivity index (χ0) is 23.1. The van der Waals surface area contributed by atoms with Gasteiger partial charge < -0.3 is 50.6 Å². The average molecular weight is 474 g/mol. The van der Waals surface area contributed by atoms with E-state index in [-0.39, 0.29) is 13.0 Å². The lowest BCUT2D eigenvalue weighted by molar-refractivity contribution is -0.482. The van der Waals surface area contributed by atoms with Crippen molar-refractivity contribution in [2.24, 2.45) is 0 Å². The van der Waals surface area contributed by atoms with Gasteiger partial charge in [0.25, 0.3) is 0 Å². The lowest BCUT2D eigenvalue weighted by Gasteiger charge is -2.60. The smallest absolute Gasteiger partial charge is 0.249 e. The van der Waals surface area contributed by atoms with Crippen LogP contribution in [0.1, 0.15) is 18.2 Å². The predicted octanol–water partition coefficient (Wildman–Crippen LogP) is -1.87. The lowest BCUT2D eigenvalue weighted by atomic mass is 9.77. The molecule has 1 aliphatic carbocycles. The van der Waals surface area contributed by atoms with Crippen LogP contribution in [0, 0.1) is 0 Å². The molecule has 0 bridgehead atoms. The fourth-order valence-electron chi connectivity index (χ4n) is 5.19. The molecule has 0 radical (unpaired) electrons. The molecular weight excluding hydrogens is 438 g/mol. The van der Waals surface area contributed by atoms with Gasteiger partial charge in [-0.1, -0.05) is 6.07 Å². The van der Waals surface area contributed by atoms with Gasteiger partial charge in [0.2, 0.25) is 12.1 Å². The van der Waals surface area contributed by atoms with Crippen molar-refractivity contribution in [3.8, 4) is 0 Å². The van der Waals surface area contributed by atoms with Crippen LogP contribution < -0.4 is 16.0 Å². The van der Waals surface area contributed by atoms with Gasteiger partial charge in [0.15, 0.2) is 0 Å². The average Bonchev–Trinajstić information content (AvgIpc) is 3.26. The Bertz CT molecular complexity index is 758. The van der Waals surface area contributed by atoms with Crippen molar-refractivity contribution in [2.45, 2.75) is 80.0 Å². The number of nitrogens with one attached hydrogen (secondary N) is 3. The highest BCUT2D eigenvalue weighted by Crippen LogP contribution is 2.46. The summed E-state index contributed by atoms with van der Waals surface area (Å²) in [4.78, 5) is 1.22. The van der Waals surface area contributed by atoms with Crippen LogP contribution in [0.3, 0.4) is 0 Å². The highest BCUT2D eigenvalue weighted by molar-refractivity contribution is 7.09. The molecular formula is C21H35N3O7S. The van der Waals surface area contributed by atoms with Gasteiger partial charge in [0.1, 0.15) is 23.9 Å². The first-order chi connectivity index (χ1) is 15.2. The molecule has 0 amide bonds. The first kappa shape index (κ1) is 24.4. The van der Waals surface area contributed by atoms with Crippen LogP contribution in [-0.4, -0.2) is 108 Å². The van der Waals surface area contributed by atoms with E-state index in [2.05, 4.69) is 22.0 Å². The standard InChI is InChI=1S/C21H35N3O7S/c1-11-9-20(27,10-24-7-6-12-5-4-8-32-12)21(28)19(29-11)30-18-16(26)13(22-2)15(25)14(23-3)17(18)31-21/h4-5,8,11,13-19,22-28H,6-7,9-10H2,1-3H3. The fourth-order valence-corrected chi connectivity index (χ4v) is 5.90. The number of hydrogen-bond donors (Lipinski definition) is 7. The maximum absolute atomic E-state index is 11.6. The molecule has 182 valence electrons. The SMILES string of the molecule is CNC1C(O)C(NC)C2OC3(O)C(OC(C)CC3(O)CNCCc3cccs3)OC2C1O. The van der Waals surface area contributed by atoms with E-state index >= 15 is 0 Å². The van der Waals surface area contributed by atoms with Crippen LogP contribution >= 0.6 is 11.3 Å². The Labute approximate surface area is 191 Å². The van der Waals surface area contributed by atoms with Gasteiger partial charge in [-0.05, 0) is 38.9 Å². The number of rotatable bonds is 7. The van der Waals surface area contributed by atoms with Crippen LogP contribution in [0.2, 0.25) is 0 Å². The number of fused-ring (bicyclic) bond motifs is 2. The molecule has 0 aromatic carbocycles. The maximum atomic E-state index is 11.6. The topological polar surface area (TPSA) is 145 Å². The fraction of sp³-hybridized carbons (Fsp3) is 0.810.